The van der Waals surface area contributed by atoms with Crippen LogP contribution in [0.4, 0.5) is 0 Å². The van der Waals surface area contributed by atoms with E-state index in [1.54, 1.807) is 0 Å². The van der Waals surface area contributed by atoms with Crippen LogP contribution in [-0.2, 0) is 16.0 Å². The van der Waals surface area contributed by atoms with Gasteiger partial charge in [0.2, 0.25) is 0 Å². The van der Waals surface area contributed by atoms with Crippen LogP contribution in [0.1, 0.15) is 37.4 Å². The second-order valence-corrected chi connectivity index (χ2v) is 4.99. The van der Waals surface area contributed by atoms with Gasteiger partial charge in [0.1, 0.15) is 0 Å². The quantitative estimate of drug-likeness (QED) is 0.753. The van der Waals surface area contributed by atoms with Crippen LogP contribution >= 0.6 is 0 Å². The molecule has 0 spiro atoms. The van der Waals surface area contributed by atoms with Crippen molar-refractivity contribution in [2.45, 2.75) is 32.6 Å². The Morgan fingerprint density at radius 3 is 2.94 bits per heavy atom. The molecule has 1 heterocycles. The van der Waals surface area contributed by atoms with Crippen molar-refractivity contribution in [3.8, 4) is 0 Å². The van der Waals surface area contributed by atoms with Crippen LogP contribution in [0.3, 0.4) is 0 Å². The third-order valence-electron chi connectivity index (χ3n) is 3.63. The monoisotopic (exact) mass is 233 g/mol. The van der Waals surface area contributed by atoms with Crippen LogP contribution < -0.4 is 0 Å². The second-order valence-electron chi connectivity index (χ2n) is 4.99. The minimum Gasteiger partial charge on any atom is -0.469 e. The van der Waals surface area contributed by atoms with Gasteiger partial charge in [-0.05, 0) is 30.4 Å². The predicted molar refractivity (Wildman–Crippen MR) is 65.6 cm³/mol. The second kappa shape index (κ2) is 4.86. The molecule has 3 heteroatoms. The first-order valence-electron chi connectivity index (χ1n) is 6.16. The molecule has 2 rings (SSSR count). The molecule has 0 saturated heterocycles. The summed E-state index contributed by atoms with van der Waals surface area (Å²) < 4.78 is 4.93. The fraction of sp³-hybridized carbons (Fsp3) is 0.571. The number of aromatic nitrogens is 1. The Hall–Kier alpha value is -1.38. The molecule has 3 nitrogen and oxygen atoms in total. The molecule has 0 N–H and O–H groups in total. The van der Waals surface area contributed by atoms with Gasteiger partial charge in [0.05, 0.1) is 13.0 Å². The molecule has 92 valence electrons. The van der Waals surface area contributed by atoms with Crippen LogP contribution in [0.5, 0.6) is 0 Å². The van der Waals surface area contributed by atoms with Gasteiger partial charge in [0.25, 0.3) is 0 Å². The van der Waals surface area contributed by atoms with E-state index in [1.807, 2.05) is 12.3 Å². The van der Waals surface area contributed by atoms with Gasteiger partial charge in [0.15, 0.2) is 0 Å². The largest absolute Gasteiger partial charge is 0.469 e. The summed E-state index contributed by atoms with van der Waals surface area (Å²) in [6, 6.07) is 4.07. The van der Waals surface area contributed by atoms with E-state index in [1.165, 1.54) is 12.7 Å². The molecule has 2 unspecified atom stereocenters. The summed E-state index contributed by atoms with van der Waals surface area (Å²) in [6.07, 6.45) is 3.84. The molecule has 1 aliphatic rings. The molecular weight excluding hydrogens is 214 g/mol. The average molecular weight is 233 g/mol. The van der Waals surface area contributed by atoms with Crippen LogP contribution in [0.2, 0.25) is 0 Å². The number of nitrogens with zero attached hydrogens (tertiary/aromatic N) is 1. The standard InChI is InChI=1S/C14H19NO2/c1-9(2)12(14(16)17-3)11-7-6-10-5-4-8-15-13(10)11/h4-5,8-9,11-12H,6-7H2,1-3H3. The Balaban J connectivity index is 2.31. The highest BCUT2D eigenvalue weighted by Crippen LogP contribution is 2.40. The minimum absolute atomic E-state index is 0.0730. The van der Waals surface area contributed by atoms with E-state index < -0.39 is 0 Å². The third-order valence-corrected chi connectivity index (χ3v) is 3.63. The van der Waals surface area contributed by atoms with Gasteiger partial charge in [0, 0.05) is 17.8 Å². The molecule has 1 aromatic rings. The van der Waals surface area contributed by atoms with E-state index in [9.17, 15) is 4.79 Å². The Kier molecular flexibility index (Phi) is 3.46. The maximum atomic E-state index is 11.9. The number of hydrogen-bond donors (Lipinski definition) is 0. The fourth-order valence-corrected chi connectivity index (χ4v) is 2.83. The van der Waals surface area contributed by atoms with E-state index in [4.69, 9.17) is 4.74 Å². The van der Waals surface area contributed by atoms with Crippen molar-refractivity contribution in [3.05, 3.63) is 29.6 Å². The average Bonchev–Trinajstić information content (AvgIpc) is 2.73. The summed E-state index contributed by atoms with van der Waals surface area (Å²) in [7, 11) is 1.46. The number of ether oxygens (including phenoxy) is 1. The molecule has 0 aliphatic heterocycles. The van der Waals surface area contributed by atoms with E-state index in [0.717, 1.165) is 18.5 Å². The lowest BCUT2D eigenvalue weighted by Crippen LogP contribution is -2.27. The molecule has 0 fully saturated rings. The molecule has 1 aliphatic carbocycles. The van der Waals surface area contributed by atoms with Crippen LogP contribution in [0.25, 0.3) is 0 Å². The maximum Gasteiger partial charge on any atom is 0.309 e. The summed E-state index contributed by atoms with van der Waals surface area (Å²) in [5.41, 5.74) is 2.38. The van der Waals surface area contributed by atoms with Gasteiger partial charge < -0.3 is 4.74 Å². The summed E-state index contributed by atoms with van der Waals surface area (Å²) in [4.78, 5) is 16.4. The first-order valence-corrected chi connectivity index (χ1v) is 6.16. The highest BCUT2D eigenvalue weighted by Gasteiger charge is 2.37. The zero-order valence-electron chi connectivity index (χ0n) is 10.6. The molecule has 0 aromatic carbocycles. The number of hydrogen-bond acceptors (Lipinski definition) is 3. The zero-order chi connectivity index (χ0) is 12.4. The van der Waals surface area contributed by atoms with Gasteiger partial charge >= 0.3 is 5.97 Å². The van der Waals surface area contributed by atoms with Gasteiger partial charge in [-0.3, -0.25) is 9.78 Å². The van der Waals surface area contributed by atoms with Crippen LogP contribution in [-0.4, -0.2) is 18.1 Å². The van der Waals surface area contributed by atoms with E-state index >= 15 is 0 Å². The molecule has 17 heavy (non-hydrogen) atoms. The number of rotatable bonds is 3. The predicted octanol–water partition coefficient (Wildman–Crippen LogP) is 2.56. The van der Waals surface area contributed by atoms with Crippen molar-refractivity contribution in [3.63, 3.8) is 0 Å². The summed E-state index contributed by atoms with van der Waals surface area (Å²) in [5, 5.41) is 0. The van der Waals surface area contributed by atoms with Crippen molar-refractivity contribution in [1.82, 2.24) is 4.98 Å². The van der Waals surface area contributed by atoms with E-state index in [0.29, 0.717) is 0 Å². The number of esters is 1. The van der Waals surface area contributed by atoms with Crippen LogP contribution in [0, 0.1) is 11.8 Å². The SMILES string of the molecule is COC(=O)C(C(C)C)C1CCc2cccnc21. The Morgan fingerprint density at radius 1 is 1.53 bits per heavy atom. The molecule has 0 bridgehead atoms. The van der Waals surface area contributed by atoms with E-state index in [2.05, 4.69) is 24.9 Å². The van der Waals surface area contributed by atoms with Crippen molar-refractivity contribution in [2.75, 3.05) is 7.11 Å². The number of pyridine rings is 1. The number of carbonyl (C=O) groups excluding carboxylic acids is 1. The van der Waals surface area contributed by atoms with E-state index in [-0.39, 0.29) is 23.7 Å². The van der Waals surface area contributed by atoms with Crippen LogP contribution in [0.15, 0.2) is 18.3 Å². The third kappa shape index (κ3) is 2.19. The summed E-state index contributed by atoms with van der Waals surface area (Å²) in [6.45, 7) is 4.14. The number of fused-ring (bicyclic) bond motifs is 1. The maximum absolute atomic E-state index is 11.9. The highest BCUT2D eigenvalue weighted by atomic mass is 16.5. The molecule has 0 saturated carbocycles. The molecule has 0 radical (unpaired) electrons. The van der Waals surface area contributed by atoms with Crippen molar-refractivity contribution >= 4 is 5.97 Å². The van der Waals surface area contributed by atoms with Gasteiger partial charge in [-0.1, -0.05) is 19.9 Å². The topological polar surface area (TPSA) is 39.2 Å². The molecule has 0 amide bonds. The van der Waals surface area contributed by atoms with Crippen molar-refractivity contribution in [2.24, 2.45) is 11.8 Å². The van der Waals surface area contributed by atoms with Crippen molar-refractivity contribution in [1.29, 1.82) is 0 Å². The number of carbonyl (C=O) groups is 1. The Labute approximate surface area is 102 Å². The van der Waals surface area contributed by atoms with Gasteiger partial charge in [-0.15, -0.1) is 0 Å². The Morgan fingerprint density at radius 2 is 2.29 bits per heavy atom. The normalized spacial score (nSPS) is 20.1. The molecule has 1 aromatic heterocycles. The molecule has 2 atom stereocenters. The Bertz CT molecular complexity index is 414. The molecular formula is C14H19NO2. The lowest BCUT2D eigenvalue weighted by molar-refractivity contribution is -0.148. The summed E-state index contributed by atoms with van der Waals surface area (Å²) >= 11 is 0. The summed E-state index contributed by atoms with van der Waals surface area (Å²) in [5.74, 6) is 0.318. The number of aryl methyl sites for hydroxylation is 1. The smallest absolute Gasteiger partial charge is 0.309 e. The first kappa shape index (κ1) is 12.1. The van der Waals surface area contributed by atoms with Gasteiger partial charge in [-0.25, -0.2) is 0 Å². The minimum atomic E-state index is -0.108. The number of methoxy groups -OCH3 is 1. The lowest BCUT2D eigenvalue weighted by Gasteiger charge is -2.24. The highest BCUT2D eigenvalue weighted by molar-refractivity contribution is 5.74. The van der Waals surface area contributed by atoms with Gasteiger partial charge in [-0.2, -0.15) is 0 Å². The zero-order valence-corrected chi connectivity index (χ0v) is 10.6. The lowest BCUT2D eigenvalue weighted by atomic mass is 9.82. The first-order chi connectivity index (χ1) is 8.15. The van der Waals surface area contributed by atoms with Crippen molar-refractivity contribution < 1.29 is 9.53 Å². The fourth-order valence-electron chi connectivity index (χ4n) is 2.83.